The van der Waals surface area contributed by atoms with Gasteiger partial charge in [0.2, 0.25) is 0 Å². The average Bonchev–Trinajstić information content (AvgIpc) is 2.42. The van der Waals surface area contributed by atoms with Crippen LogP contribution in [0.15, 0.2) is 52.1 Å². The second-order valence-corrected chi connectivity index (χ2v) is 4.54. The molecular formula is C13H10BrN3O2. The number of amides is 1. The van der Waals surface area contributed by atoms with Crippen molar-refractivity contribution < 1.29 is 9.90 Å². The van der Waals surface area contributed by atoms with E-state index in [1.165, 1.54) is 12.1 Å². The Bertz CT molecular complexity index is 642. The van der Waals surface area contributed by atoms with E-state index < -0.39 is 5.91 Å². The molecular weight excluding hydrogens is 310 g/mol. The third-order valence-corrected chi connectivity index (χ3v) is 3.02. The lowest BCUT2D eigenvalue weighted by Crippen LogP contribution is -2.17. The number of halogens is 1. The monoisotopic (exact) mass is 319 g/mol. The molecule has 6 heteroatoms. The predicted molar refractivity (Wildman–Crippen MR) is 75.1 cm³/mol. The summed E-state index contributed by atoms with van der Waals surface area (Å²) in [6.45, 7) is 0. The van der Waals surface area contributed by atoms with Gasteiger partial charge in [0.25, 0.3) is 5.91 Å². The number of benzene rings is 1. The van der Waals surface area contributed by atoms with Gasteiger partial charge in [-0.1, -0.05) is 6.07 Å². The third kappa shape index (κ3) is 3.17. The number of carbonyl (C=O) groups excluding carboxylic acids is 1. The molecule has 0 aliphatic carbocycles. The fraction of sp³-hybridized carbons (Fsp3) is 0. The van der Waals surface area contributed by atoms with Crippen molar-refractivity contribution >= 4 is 27.7 Å². The molecule has 0 fully saturated rings. The van der Waals surface area contributed by atoms with Crippen LogP contribution in [0.5, 0.6) is 5.75 Å². The normalized spacial score (nSPS) is 11.3. The molecule has 1 aromatic carbocycles. The molecule has 2 aromatic rings. The maximum absolute atomic E-state index is 12.0. The van der Waals surface area contributed by atoms with Gasteiger partial charge in [-0.2, -0.15) is 4.99 Å². The number of pyridine rings is 1. The number of phenolic OH excluding ortho intramolecular Hbond substituents is 1. The molecule has 0 unspecified atom stereocenters. The number of rotatable bonds is 2. The molecule has 0 radical (unpaired) electrons. The second-order valence-electron chi connectivity index (χ2n) is 3.68. The van der Waals surface area contributed by atoms with Gasteiger partial charge >= 0.3 is 0 Å². The third-order valence-electron chi connectivity index (χ3n) is 2.33. The van der Waals surface area contributed by atoms with Gasteiger partial charge < -0.3 is 10.8 Å². The Morgan fingerprint density at radius 2 is 2.11 bits per heavy atom. The molecule has 0 saturated heterocycles. The van der Waals surface area contributed by atoms with Gasteiger partial charge in [-0.05, 0) is 46.3 Å². The van der Waals surface area contributed by atoms with Crippen LogP contribution in [-0.4, -0.2) is 21.8 Å². The van der Waals surface area contributed by atoms with Gasteiger partial charge in [-0.25, -0.2) is 0 Å². The van der Waals surface area contributed by atoms with Crippen LogP contribution in [0.2, 0.25) is 0 Å². The van der Waals surface area contributed by atoms with E-state index in [4.69, 9.17) is 5.73 Å². The summed E-state index contributed by atoms with van der Waals surface area (Å²) in [6, 6.07) is 9.50. The van der Waals surface area contributed by atoms with Crippen molar-refractivity contribution in [1.29, 1.82) is 0 Å². The first-order chi connectivity index (χ1) is 9.08. The molecule has 1 amide bonds. The average molecular weight is 320 g/mol. The summed E-state index contributed by atoms with van der Waals surface area (Å²) in [4.78, 5) is 19.7. The predicted octanol–water partition coefficient (Wildman–Crippen LogP) is 2.10. The van der Waals surface area contributed by atoms with E-state index in [1.54, 1.807) is 30.5 Å². The highest BCUT2D eigenvalue weighted by molar-refractivity contribution is 9.10. The summed E-state index contributed by atoms with van der Waals surface area (Å²) in [6.07, 6.45) is 1.56. The first kappa shape index (κ1) is 13.2. The number of aromatic hydroxyl groups is 1. The molecule has 3 N–H and O–H groups in total. The Morgan fingerprint density at radius 1 is 1.32 bits per heavy atom. The van der Waals surface area contributed by atoms with Crippen LogP contribution in [0.4, 0.5) is 0 Å². The van der Waals surface area contributed by atoms with Crippen LogP contribution in [-0.2, 0) is 0 Å². The number of nitrogens with two attached hydrogens (primary N) is 1. The summed E-state index contributed by atoms with van der Waals surface area (Å²) in [5.41, 5.74) is 6.37. The van der Waals surface area contributed by atoms with E-state index in [9.17, 15) is 9.90 Å². The molecule has 1 heterocycles. The first-order valence-electron chi connectivity index (χ1n) is 5.36. The van der Waals surface area contributed by atoms with Crippen LogP contribution in [0.25, 0.3) is 0 Å². The van der Waals surface area contributed by atoms with Crippen molar-refractivity contribution in [2.24, 2.45) is 10.7 Å². The van der Waals surface area contributed by atoms with Gasteiger partial charge in [0.1, 0.15) is 11.4 Å². The van der Waals surface area contributed by atoms with E-state index in [2.05, 4.69) is 25.9 Å². The highest BCUT2D eigenvalue weighted by atomic mass is 79.9. The molecule has 5 nitrogen and oxygen atoms in total. The van der Waals surface area contributed by atoms with Crippen LogP contribution in [0, 0.1) is 0 Å². The summed E-state index contributed by atoms with van der Waals surface area (Å²) in [7, 11) is 0. The number of aromatic nitrogens is 1. The molecule has 0 bridgehead atoms. The lowest BCUT2D eigenvalue weighted by Gasteiger charge is -2.02. The van der Waals surface area contributed by atoms with Crippen LogP contribution < -0.4 is 5.73 Å². The molecule has 0 aliphatic rings. The Balaban J connectivity index is 2.33. The van der Waals surface area contributed by atoms with Crippen molar-refractivity contribution in [2.75, 3.05) is 0 Å². The SMILES string of the molecule is NC(=NC(=O)c1cc(O)ccc1Br)c1ccccn1. The number of hydrogen-bond donors (Lipinski definition) is 2. The Labute approximate surface area is 117 Å². The topological polar surface area (TPSA) is 88.6 Å². The standard InChI is InChI=1S/C13H10BrN3O2/c14-10-5-4-8(18)7-9(10)13(19)17-12(15)11-3-1-2-6-16-11/h1-7,18H,(H2,15,17,19). The van der Waals surface area contributed by atoms with E-state index in [0.29, 0.717) is 10.2 Å². The number of hydrogen-bond acceptors (Lipinski definition) is 3. The fourth-order valence-electron chi connectivity index (χ4n) is 1.42. The smallest absolute Gasteiger partial charge is 0.280 e. The number of carbonyl (C=O) groups is 1. The fourth-order valence-corrected chi connectivity index (χ4v) is 1.83. The molecule has 2 rings (SSSR count). The van der Waals surface area contributed by atoms with Gasteiger partial charge in [-0.3, -0.25) is 9.78 Å². The minimum atomic E-state index is -0.550. The lowest BCUT2D eigenvalue weighted by atomic mass is 10.2. The zero-order chi connectivity index (χ0) is 13.8. The maximum atomic E-state index is 12.0. The van der Waals surface area contributed by atoms with E-state index >= 15 is 0 Å². The van der Waals surface area contributed by atoms with E-state index in [-0.39, 0.29) is 17.1 Å². The summed E-state index contributed by atoms with van der Waals surface area (Å²) in [5.74, 6) is -0.537. The van der Waals surface area contributed by atoms with Crippen molar-refractivity contribution in [1.82, 2.24) is 4.98 Å². The van der Waals surface area contributed by atoms with Gasteiger partial charge in [-0.15, -0.1) is 0 Å². The van der Waals surface area contributed by atoms with Crippen LogP contribution in [0.1, 0.15) is 16.1 Å². The Kier molecular flexibility index (Phi) is 3.91. The summed E-state index contributed by atoms with van der Waals surface area (Å²) < 4.78 is 0.535. The Hall–Kier alpha value is -2.21. The van der Waals surface area contributed by atoms with Crippen molar-refractivity contribution in [3.05, 3.63) is 58.3 Å². The number of aliphatic imine (C=N–C) groups is 1. The summed E-state index contributed by atoms with van der Waals surface area (Å²) in [5, 5.41) is 9.37. The number of nitrogens with zero attached hydrogens (tertiary/aromatic N) is 2. The maximum Gasteiger partial charge on any atom is 0.280 e. The van der Waals surface area contributed by atoms with Crippen molar-refractivity contribution in [3.8, 4) is 5.75 Å². The van der Waals surface area contributed by atoms with Crippen molar-refractivity contribution in [2.45, 2.75) is 0 Å². The lowest BCUT2D eigenvalue weighted by molar-refractivity contribution is 0.100. The second kappa shape index (κ2) is 5.62. The minimum absolute atomic E-state index is 0.0156. The molecule has 0 atom stereocenters. The molecule has 0 saturated carbocycles. The van der Waals surface area contributed by atoms with Crippen LogP contribution >= 0.6 is 15.9 Å². The zero-order valence-electron chi connectivity index (χ0n) is 9.75. The molecule has 19 heavy (non-hydrogen) atoms. The molecule has 0 spiro atoms. The summed E-state index contributed by atoms with van der Waals surface area (Å²) >= 11 is 3.22. The van der Waals surface area contributed by atoms with Crippen molar-refractivity contribution in [3.63, 3.8) is 0 Å². The van der Waals surface area contributed by atoms with E-state index in [1.807, 2.05) is 0 Å². The Morgan fingerprint density at radius 3 is 2.79 bits per heavy atom. The van der Waals surface area contributed by atoms with E-state index in [0.717, 1.165) is 0 Å². The minimum Gasteiger partial charge on any atom is -0.508 e. The number of phenols is 1. The quantitative estimate of drug-likeness (QED) is 0.655. The first-order valence-corrected chi connectivity index (χ1v) is 6.15. The zero-order valence-corrected chi connectivity index (χ0v) is 11.3. The van der Waals surface area contributed by atoms with Crippen LogP contribution in [0.3, 0.4) is 0 Å². The molecule has 0 aliphatic heterocycles. The largest absolute Gasteiger partial charge is 0.508 e. The highest BCUT2D eigenvalue weighted by Gasteiger charge is 2.11. The number of amidine groups is 1. The highest BCUT2D eigenvalue weighted by Crippen LogP contribution is 2.22. The molecule has 1 aromatic heterocycles. The van der Waals surface area contributed by atoms with Gasteiger partial charge in [0, 0.05) is 10.7 Å². The van der Waals surface area contributed by atoms with Gasteiger partial charge in [0.05, 0.1) is 5.56 Å². The van der Waals surface area contributed by atoms with Gasteiger partial charge in [0.15, 0.2) is 5.84 Å². The molecule has 96 valence electrons.